The van der Waals surface area contributed by atoms with E-state index in [-0.39, 0.29) is 6.61 Å². The van der Waals surface area contributed by atoms with E-state index in [1.165, 1.54) is 0 Å². The lowest BCUT2D eigenvalue weighted by Crippen LogP contribution is -2.33. The monoisotopic (exact) mass is 324 g/mol. The molecule has 1 aromatic heterocycles. The third-order valence-electron chi connectivity index (χ3n) is 3.29. The van der Waals surface area contributed by atoms with Crippen molar-refractivity contribution in [2.75, 3.05) is 0 Å². The molecule has 0 saturated heterocycles. The lowest BCUT2D eigenvalue weighted by atomic mass is 9.97. The normalized spacial score (nSPS) is 10.6. The number of amides is 1. The van der Waals surface area contributed by atoms with Crippen LogP contribution in [0.3, 0.4) is 0 Å². The summed E-state index contributed by atoms with van der Waals surface area (Å²) in [4.78, 5) is 14.9. The third kappa shape index (κ3) is 5.41. The van der Waals surface area contributed by atoms with Crippen LogP contribution in [0.25, 0.3) is 0 Å². The second-order valence-electron chi connectivity index (χ2n) is 6.00. The summed E-state index contributed by atoms with van der Waals surface area (Å²) in [7, 11) is 0. The van der Waals surface area contributed by atoms with E-state index >= 15 is 0 Å². The number of hydrogen-bond donors (Lipinski definition) is 2. The number of nitrogens with two attached hydrogens (primary N) is 1. The number of hydrogen-bond acceptors (Lipinski definition) is 4. The van der Waals surface area contributed by atoms with Crippen LogP contribution in [0.15, 0.2) is 42.6 Å². The number of benzene rings is 1. The molecule has 0 bridgehead atoms. The van der Waals surface area contributed by atoms with Gasteiger partial charge in [-0.1, -0.05) is 24.0 Å². The van der Waals surface area contributed by atoms with Gasteiger partial charge in [-0.3, -0.25) is 4.98 Å². The van der Waals surface area contributed by atoms with Gasteiger partial charge in [0.15, 0.2) is 0 Å². The topological polar surface area (TPSA) is 85.4 Å². The fourth-order valence-corrected chi connectivity index (χ4v) is 2.29. The van der Waals surface area contributed by atoms with E-state index in [0.29, 0.717) is 12.1 Å². The number of primary amides is 1. The van der Waals surface area contributed by atoms with E-state index < -0.39 is 11.7 Å². The Bertz CT molecular complexity index is 771. The predicted octanol–water partition coefficient (Wildman–Crippen LogP) is 2.39. The summed E-state index contributed by atoms with van der Waals surface area (Å²) in [5, 5.41) is 9.08. The van der Waals surface area contributed by atoms with Crippen LogP contribution in [0.2, 0.25) is 0 Å². The van der Waals surface area contributed by atoms with E-state index in [1.807, 2.05) is 38.1 Å². The van der Waals surface area contributed by atoms with Gasteiger partial charge in [-0.05, 0) is 43.7 Å². The molecular weight excluding hydrogens is 304 g/mol. The molecule has 2 rings (SSSR count). The summed E-state index contributed by atoms with van der Waals surface area (Å²) in [6.45, 7) is 3.52. The second-order valence-corrected chi connectivity index (χ2v) is 6.00. The first kappa shape index (κ1) is 17.5. The minimum atomic E-state index is -0.776. The van der Waals surface area contributed by atoms with Crippen LogP contribution in [-0.2, 0) is 17.8 Å². The molecule has 0 aliphatic rings. The van der Waals surface area contributed by atoms with Crippen molar-refractivity contribution in [1.82, 2.24) is 4.98 Å². The van der Waals surface area contributed by atoms with Crippen LogP contribution < -0.4 is 5.73 Å². The Labute approximate surface area is 141 Å². The van der Waals surface area contributed by atoms with Gasteiger partial charge in [0.1, 0.15) is 5.60 Å². The minimum Gasteiger partial charge on any atom is -0.443 e. The van der Waals surface area contributed by atoms with Crippen LogP contribution in [0.5, 0.6) is 0 Å². The van der Waals surface area contributed by atoms with Crippen LogP contribution in [0.4, 0.5) is 4.79 Å². The maximum Gasteiger partial charge on any atom is 0.405 e. The summed E-state index contributed by atoms with van der Waals surface area (Å²) < 4.78 is 5.08. The number of pyridine rings is 1. The average molecular weight is 324 g/mol. The fourth-order valence-electron chi connectivity index (χ4n) is 2.29. The highest BCUT2D eigenvalue weighted by Gasteiger charge is 2.21. The van der Waals surface area contributed by atoms with Gasteiger partial charge in [0, 0.05) is 23.7 Å². The van der Waals surface area contributed by atoms with Crippen molar-refractivity contribution in [2.45, 2.75) is 32.5 Å². The van der Waals surface area contributed by atoms with E-state index in [0.717, 1.165) is 16.7 Å². The Kier molecular flexibility index (Phi) is 5.56. The summed E-state index contributed by atoms with van der Waals surface area (Å²) in [6, 6.07) is 11.3. The Morgan fingerprint density at radius 1 is 1.21 bits per heavy atom. The van der Waals surface area contributed by atoms with Crippen molar-refractivity contribution < 1.29 is 14.6 Å². The predicted molar refractivity (Wildman–Crippen MR) is 91.0 cm³/mol. The van der Waals surface area contributed by atoms with Crippen molar-refractivity contribution in [2.24, 2.45) is 5.73 Å². The standard InChI is InChI=1S/C19H20N2O3/c1-19(2,24-18(20)23)12-16-7-4-14(5-8-16)3-6-15-9-10-21-17(11-15)13-22/h4-5,7-11,22H,12-13H2,1-2H3,(H2,20,23). The molecule has 1 aromatic carbocycles. The van der Waals surface area contributed by atoms with Gasteiger partial charge >= 0.3 is 6.09 Å². The molecule has 5 heteroatoms. The highest BCUT2D eigenvalue weighted by Crippen LogP contribution is 2.17. The van der Waals surface area contributed by atoms with Crippen molar-refractivity contribution >= 4 is 6.09 Å². The molecule has 0 spiro atoms. The number of aliphatic hydroxyl groups excluding tert-OH is 1. The molecule has 0 aliphatic carbocycles. The van der Waals surface area contributed by atoms with Crippen molar-refractivity contribution in [1.29, 1.82) is 0 Å². The van der Waals surface area contributed by atoms with Crippen molar-refractivity contribution in [3.8, 4) is 11.8 Å². The number of carbonyl (C=O) groups is 1. The number of aliphatic hydroxyl groups is 1. The molecule has 24 heavy (non-hydrogen) atoms. The SMILES string of the molecule is CC(C)(Cc1ccc(C#Cc2ccnc(CO)c2)cc1)OC(N)=O. The molecule has 124 valence electrons. The number of nitrogens with zero attached hydrogens (tertiary/aromatic N) is 1. The number of ether oxygens (including phenoxy) is 1. The smallest absolute Gasteiger partial charge is 0.405 e. The Balaban J connectivity index is 2.07. The van der Waals surface area contributed by atoms with Crippen LogP contribution in [-0.4, -0.2) is 21.8 Å². The first-order valence-electron chi connectivity index (χ1n) is 7.53. The highest BCUT2D eigenvalue weighted by molar-refractivity contribution is 5.65. The molecule has 5 nitrogen and oxygen atoms in total. The number of aromatic nitrogens is 1. The van der Waals surface area contributed by atoms with E-state index in [9.17, 15) is 4.79 Å². The quantitative estimate of drug-likeness (QED) is 0.846. The number of rotatable bonds is 4. The van der Waals surface area contributed by atoms with Gasteiger partial charge < -0.3 is 15.6 Å². The highest BCUT2D eigenvalue weighted by atomic mass is 16.6. The van der Waals surface area contributed by atoms with E-state index in [2.05, 4.69) is 16.8 Å². The maximum atomic E-state index is 10.9. The zero-order valence-electron chi connectivity index (χ0n) is 13.7. The number of carbonyl (C=O) groups excluding carboxylic acids is 1. The summed E-state index contributed by atoms with van der Waals surface area (Å²) in [6.07, 6.45) is 1.41. The molecular formula is C19H20N2O3. The minimum absolute atomic E-state index is 0.104. The molecule has 0 fully saturated rings. The van der Waals surface area contributed by atoms with E-state index in [4.69, 9.17) is 15.6 Å². The van der Waals surface area contributed by atoms with Crippen LogP contribution in [0.1, 0.15) is 36.2 Å². The molecule has 0 radical (unpaired) electrons. The fraction of sp³-hybridized carbons (Fsp3) is 0.263. The molecule has 1 heterocycles. The summed E-state index contributed by atoms with van der Waals surface area (Å²) in [5.74, 6) is 6.11. The molecule has 1 amide bonds. The molecule has 3 N–H and O–H groups in total. The van der Waals surface area contributed by atoms with Gasteiger partial charge in [0.2, 0.25) is 0 Å². The van der Waals surface area contributed by atoms with Crippen LogP contribution in [0, 0.1) is 11.8 Å². The van der Waals surface area contributed by atoms with E-state index in [1.54, 1.807) is 18.3 Å². The zero-order valence-corrected chi connectivity index (χ0v) is 13.7. The largest absolute Gasteiger partial charge is 0.443 e. The summed E-state index contributed by atoms with van der Waals surface area (Å²) in [5.41, 5.74) is 7.70. The molecule has 0 saturated carbocycles. The van der Waals surface area contributed by atoms with Crippen molar-refractivity contribution in [3.05, 3.63) is 65.0 Å². The van der Waals surface area contributed by atoms with Gasteiger partial charge in [-0.2, -0.15) is 0 Å². The zero-order chi connectivity index (χ0) is 17.6. The van der Waals surface area contributed by atoms with Crippen LogP contribution >= 0.6 is 0 Å². The average Bonchev–Trinajstić information content (AvgIpc) is 2.53. The Hall–Kier alpha value is -2.84. The summed E-state index contributed by atoms with van der Waals surface area (Å²) >= 11 is 0. The third-order valence-corrected chi connectivity index (χ3v) is 3.29. The van der Waals surface area contributed by atoms with Gasteiger partial charge in [0.25, 0.3) is 0 Å². The van der Waals surface area contributed by atoms with Crippen molar-refractivity contribution in [3.63, 3.8) is 0 Å². The molecule has 2 aromatic rings. The molecule has 0 unspecified atom stereocenters. The molecule has 0 aliphatic heterocycles. The maximum absolute atomic E-state index is 10.9. The van der Waals surface area contributed by atoms with Gasteiger partial charge in [-0.25, -0.2) is 4.79 Å². The Morgan fingerprint density at radius 3 is 2.50 bits per heavy atom. The first-order valence-corrected chi connectivity index (χ1v) is 7.53. The lowest BCUT2D eigenvalue weighted by Gasteiger charge is -2.23. The second kappa shape index (κ2) is 7.62. The Morgan fingerprint density at radius 2 is 1.88 bits per heavy atom. The first-order chi connectivity index (χ1) is 11.4. The van der Waals surface area contributed by atoms with Gasteiger partial charge in [0.05, 0.1) is 12.3 Å². The lowest BCUT2D eigenvalue weighted by molar-refractivity contribution is 0.0460. The van der Waals surface area contributed by atoms with Gasteiger partial charge in [-0.15, -0.1) is 0 Å². The molecule has 0 atom stereocenters.